The molecular formula is C24H31IN2O3. The fraction of sp³-hybridized carbons (Fsp3) is 0.417. The minimum atomic E-state index is -0.518. The molecule has 30 heavy (non-hydrogen) atoms. The number of amides is 2. The van der Waals surface area contributed by atoms with Gasteiger partial charge in [0.2, 0.25) is 5.91 Å². The van der Waals surface area contributed by atoms with Gasteiger partial charge < -0.3 is 15.0 Å². The Balaban J connectivity index is 2.11. The molecule has 0 aliphatic heterocycles. The molecule has 5 nitrogen and oxygen atoms in total. The largest absolute Gasteiger partial charge is 0.484 e. The third kappa shape index (κ3) is 7.63. The van der Waals surface area contributed by atoms with Crippen LogP contribution in [0.2, 0.25) is 0 Å². The number of hydrogen-bond acceptors (Lipinski definition) is 3. The van der Waals surface area contributed by atoms with Crippen LogP contribution in [0.1, 0.15) is 39.2 Å². The second-order valence-corrected chi connectivity index (χ2v) is 8.55. The number of ether oxygens (including phenoxy) is 1. The van der Waals surface area contributed by atoms with E-state index >= 15 is 0 Å². The maximum atomic E-state index is 13.1. The van der Waals surface area contributed by atoms with Gasteiger partial charge in [0.05, 0.1) is 0 Å². The summed E-state index contributed by atoms with van der Waals surface area (Å²) in [6, 6.07) is 17.1. The number of halogens is 1. The van der Waals surface area contributed by atoms with Crippen LogP contribution in [0.5, 0.6) is 5.75 Å². The molecule has 0 spiro atoms. The zero-order valence-electron chi connectivity index (χ0n) is 17.9. The number of carbonyl (C=O) groups is 2. The van der Waals surface area contributed by atoms with E-state index in [9.17, 15) is 9.59 Å². The lowest BCUT2D eigenvalue weighted by molar-refractivity contribution is -0.142. The van der Waals surface area contributed by atoms with E-state index in [1.165, 1.54) is 0 Å². The Labute approximate surface area is 193 Å². The maximum absolute atomic E-state index is 13.1. The van der Waals surface area contributed by atoms with Crippen molar-refractivity contribution < 1.29 is 14.3 Å². The molecule has 0 heterocycles. The van der Waals surface area contributed by atoms with Gasteiger partial charge in [0, 0.05) is 16.2 Å². The Hall–Kier alpha value is -2.09. The number of hydrogen-bond donors (Lipinski definition) is 1. The highest BCUT2D eigenvalue weighted by atomic mass is 127. The molecule has 0 saturated heterocycles. The van der Waals surface area contributed by atoms with E-state index in [4.69, 9.17) is 4.74 Å². The summed E-state index contributed by atoms with van der Waals surface area (Å²) in [5.41, 5.74) is 1.13. The Morgan fingerprint density at radius 1 is 1.03 bits per heavy atom. The highest BCUT2D eigenvalue weighted by Crippen LogP contribution is 2.15. The Kier molecular flexibility index (Phi) is 10.1. The summed E-state index contributed by atoms with van der Waals surface area (Å²) in [6.45, 7) is 6.30. The lowest BCUT2D eigenvalue weighted by atomic mass is 10.1. The molecule has 1 N–H and O–H groups in total. The van der Waals surface area contributed by atoms with E-state index in [0.717, 1.165) is 15.6 Å². The predicted molar refractivity (Wildman–Crippen MR) is 128 cm³/mol. The summed E-state index contributed by atoms with van der Waals surface area (Å²) < 4.78 is 6.81. The molecule has 162 valence electrons. The summed E-state index contributed by atoms with van der Waals surface area (Å²) in [7, 11) is 0. The summed E-state index contributed by atoms with van der Waals surface area (Å²) in [5, 5.41) is 3.02. The van der Waals surface area contributed by atoms with Crippen molar-refractivity contribution in [1.29, 1.82) is 0 Å². The predicted octanol–water partition coefficient (Wildman–Crippen LogP) is 4.43. The highest BCUT2D eigenvalue weighted by Gasteiger charge is 2.29. The molecule has 0 unspecified atom stereocenters. The van der Waals surface area contributed by atoms with Crippen LogP contribution >= 0.6 is 22.6 Å². The molecule has 2 amide bonds. The van der Waals surface area contributed by atoms with Crippen LogP contribution in [0.15, 0.2) is 54.6 Å². The SMILES string of the molecule is CC[C@@H](C)NC(=O)[C@@H](CC)N(CCc1ccccc1)C(=O)COc1ccc(I)cc1. The van der Waals surface area contributed by atoms with E-state index in [2.05, 4.69) is 27.9 Å². The number of rotatable bonds is 11. The van der Waals surface area contributed by atoms with Gasteiger partial charge >= 0.3 is 0 Å². The van der Waals surface area contributed by atoms with Crippen LogP contribution in [0.25, 0.3) is 0 Å². The first-order valence-electron chi connectivity index (χ1n) is 10.5. The molecule has 0 aliphatic rings. The van der Waals surface area contributed by atoms with Crippen LogP contribution in [-0.2, 0) is 16.0 Å². The van der Waals surface area contributed by atoms with E-state index in [-0.39, 0.29) is 24.5 Å². The van der Waals surface area contributed by atoms with Gasteiger partial charge in [0.1, 0.15) is 11.8 Å². The molecule has 0 saturated carbocycles. The van der Waals surface area contributed by atoms with Crippen molar-refractivity contribution in [3.8, 4) is 5.75 Å². The Morgan fingerprint density at radius 3 is 2.30 bits per heavy atom. The third-order valence-corrected chi connectivity index (χ3v) is 5.77. The molecule has 2 rings (SSSR count). The maximum Gasteiger partial charge on any atom is 0.261 e. The van der Waals surface area contributed by atoms with Crippen LogP contribution in [-0.4, -0.2) is 41.9 Å². The normalized spacial score (nSPS) is 12.7. The zero-order valence-corrected chi connectivity index (χ0v) is 20.1. The van der Waals surface area contributed by atoms with Crippen LogP contribution in [0, 0.1) is 3.57 Å². The summed E-state index contributed by atoms with van der Waals surface area (Å²) in [4.78, 5) is 27.6. The van der Waals surface area contributed by atoms with E-state index < -0.39 is 6.04 Å². The standard InChI is InChI=1S/C24H31IN2O3/c1-4-18(3)26-24(29)22(5-2)27(16-15-19-9-7-6-8-10-19)23(28)17-30-21-13-11-20(25)12-14-21/h6-14,18,22H,4-5,15-17H2,1-3H3,(H,26,29)/t18-,22-/m1/s1. The monoisotopic (exact) mass is 522 g/mol. The summed E-state index contributed by atoms with van der Waals surface area (Å²) >= 11 is 2.22. The topological polar surface area (TPSA) is 58.6 Å². The number of nitrogens with one attached hydrogen (secondary N) is 1. The van der Waals surface area contributed by atoms with Crippen molar-refractivity contribution >= 4 is 34.4 Å². The minimum Gasteiger partial charge on any atom is -0.484 e. The molecule has 0 radical (unpaired) electrons. The molecule has 2 aromatic rings. The second-order valence-electron chi connectivity index (χ2n) is 7.31. The molecule has 6 heteroatoms. The van der Waals surface area contributed by atoms with Gasteiger partial charge in [-0.25, -0.2) is 0 Å². The first-order valence-corrected chi connectivity index (χ1v) is 11.5. The first kappa shape index (κ1) is 24.2. The summed E-state index contributed by atoms with van der Waals surface area (Å²) in [5.74, 6) is 0.349. The minimum absolute atomic E-state index is 0.0701. The van der Waals surface area contributed by atoms with E-state index in [1.807, 2.05) is 75.4 Å². The molecule has 0 aromatic heterocycles. The smallest absolute Gasteiger partial charge is 0.261 e. The van der Waals surface area contributed by atoms with E-state index in [0.29, 0.717) is 25.1 Å². The third-order valence-electron chi connectivity index (χ3n) is 5.05. The van der Waals surface area contributed by atoms with Crippen molar-refractivity contribution in [3.63, 3.8) is 0 Å². The molecule has 2 aromatic carbocycles. The fourth-order valence-electron chi connectivity index (χ4n) is 3.10. The van der Waals surface area contributed by atoms with Crippen LogP contribution in [0.4, 0.5) is 0 Å². The van der Waals surface area contributed by atoms with Crippen LogP contribution in [0.3, 0.4) is 0 Å². The van der Waals surface area contributed by atoms with Crippen molar-refractivity contribution in [2.45, 2.75) is 52.1 Å². The second kappa shape index (κ2) is 12.6. The van der Waals surface area contributed by atoms with Gasteiger partial charge in [-0.3, -0.25) is 9.59 Å². The number of benzene rings is 2. The first-order chi connectivity index (χ1) is 14.4. The molecular weight excluding hydrogens is 491 g/mol. The zero-order chi connectivity index (χ0) is 21.9. The van der Waals surface area contributed by atoms with E-state index in [1.54, 1.807) is 4.90 Å². The molecule has 0 bridgehead atoms. The lowest BCUT2D eigenvalue weighted by Crippen LogP contribution is -2.52. The number of nitrogens with zero attached hydrogens (tertiary/aromatic N) is 1. The Morgan fingerprint density at radius 2 is 1.70 bits per heavy atom. The fourth-order valence-corrected chi connectivity index (χ4v) is 3.46. The quantitative estimate of drug-likeness (QED) is 0.445. The number of carbonyl (C=O) groups excluding carboxylic acids is 2. The van der Waals surface area contributed by atoms with Crippen molar-refractivity contribution in [3.05, 3.63) is 63.7 Å². The van der Waals surface area contributed by atoms with Gasteiger partial charge in [-0.1, -0.05) is 44.2 Å². The van der Waals surface area contributed by atoms with Crippen molar-refractivity contribution in [2.24, 2.45) is 0 Å². The Bertz CT molecular complexity index is 796. The average Bonchev–Trinajstić information content (AvgIpc) is 2.76. The van der Waals surface area contributed by atoms with Gasteiger partial charge in [-0.05, 0) is 78.6 Å². The van der Waals surface area contributed by atoms with Crippen molar-refractivity contribution in [2.75, 3.05) is 13.2 Å². The molecule has 0 aliphatic carbocycles. The lowest BCUT2D eigenvalue weighted by Gasteiger charge is -2.31. The van der Waals surface area contributed by atoms with Gasteiger partial charge in [-0.15, -0.1) is 0 Å². The van der Waals surface area contributed by atoms with Gasteiger partial charge in [0.15, 0.2) is 6.61 Å². The van der Waals surface area contributed by atoms with Gasteiger partial charge in [-0.2, -0.15) is 0 Å². The van der Waals surface area contributed by atoms with Crippen LogP contribution < -0.4 is 10.1 Å². The van der Waals surface area contributed by atoms with Gasteiger partial charge in [0.25, 0.3) is 5.91 Å². The highest BCUT2D eigenvalue weighted by molar-refractivity contribution is 14.1. The van der Waals surface area contributed by atoms with Crippen molar-refractivity contribution in [1.82, 2.24) is 10.2 Å². The summed E-state index contributed by atoms with van der Waals surface area (Å²) in [6.07, 6.45) is 2.08. The molecule has 0 fully saturated rings. The average molecular weight is 522 g/mol. The molecule has 2 atom stereocenters.